The maximum Gasteiger partial charge on any atom is 0.0992 e. The zero-order chi connectivity index (χ0) is 12.3. The Hall–Kier alpha value is -1.73. The van der Waals surface area contributed by atoms with E-state index in [-0.39, 0.29) is 6.04 Å². The standard InChI is InChI=1S/C13H18N4/c1-10(15)4-6-17-7-5-16-12-8-11(9-14)2-3-13(12)17/h2-3,8,10,16H,4-7,15H2,1H3. The molecule has 1 unspecified atom stereocenters. The maximum absolute atomic E-state index is 8.87. The van der Waals surface area contributed by atoms with Gasteiger partial charge in [-0.2, -0.15) is 5.26 Å². The van der Waals surface area contributed by atoms with E-state index in [1.807, 2.05) is 25.1 Å². The van der Waals surface area contributed by atoms with Crippen molar-refractivity contribution in [2.24, 2.45) is 5.73 Å². The normalized spacial score (nSPS) is 15.7. The lowest BCUT2D eigenvalue weighted by molar-refractivity contribution is 0.637. The van der Waals surface area contributed by atoms with E-state index in [4.69, 9.17) is 11.0 Å². The molecule has 17 heavy (non-hydrogen) atoms. The van der Waals surface area contributed by atoms with Gasteiger partial charge in [-0.25, -0.2) is 0 Å². The van der Waals surface area contributed by atoms with Crippen LogP contribution in [0.15, 0.2) is 18.2 Å². The number of nitriles is 1. The summed E-state index contributed by atoms with van der Waals surface area (Å²) in [6, 6.07) is 8.18. The highest BCUT2D eigenvalue weighted by molar-refractivity contribution is 5.73. The van der Waals surface area contributed by atoms with E-state index in [9.17, 15) is 0 Å². The summed E-state index contributed by atoms with van der Waals surface area (Å²) < 4.78 is 0. The molecule has 1 aliphatic rings. The summed E-state index contributed by atoms with van der Waals surface area (Å²) in [6.07, 6.45) is 0.986. The molecule has 3 N–H and O–H groups in total. The second-order valence-corrected chi connectivity index (χ2v) is 4.52. The predicted octanol–water partition coefficient (Wildman–Crippen LogP) is 1.53. The first-order valence-corrected chi connectivity index (χ1v) is 5.99. The fourth-order valence-electron chi connectivity index (χ4n) is 2.06. The molecule has 0 saturated heterocycles. The number of rotatable bonds is 3. The average Bonchev–Trinajstić information content (AvgIpc) is 2.35. The molecule has 90 valence electrons. The highest BCUT2D eigenvalue weighted by Crippen LogP contribution is 2.29. The summed E-state index contributed by atoms with van der Waals surface area (Å²) >= 11 is 0. The molecule has 4 nitrogen and oxygen atoms in total. The van der Waals surface area contributed by atoms with Gasteiger partial charge in [-0.05, 0) is 31.5 Å². The first kappa shape index (κ1) is 11.7. The number of nitrogens with one attached hydrogen (secondary N) is 1. The van der Waals surface area contributed by atoms with Crippen LogP contribution in [0.5, 0.6) is 0 Å². The van der Waals surface area contributed by atoms with Crippen molar-refractivity contribution in [3.05, 3.63) is 23.8 Å². The topological polar surface area (TPSA) is 65.1 Å². The molecule has 1 aromatic rings. The maximum atomic E-state index is 8.87. The largest absolute Gasteiger partial charge is 0.382 e. The smallest absolute Gasteiger partial charge is 0.0992 e. The van der Waals surface area contributed by atoms with E-state index in [1.54, 1.807) is 0 Å². The molecule has 0 aromatic heterocycles. The fraction of sp³-hybridized carbons (Fsp3) is 0.462. The Balaban J connectivity index is 2.17. The molecule has 0 amide bonds. The quantitative estimate of drug-likeness (QED) is 0.826. The molecular formula is C13H18N4. The number of hydrogen-bond acceptors (Lipinski definition) is 4. The number of nitrogens with two attached hydrogens (primary N) is 1. The first-order valence-electron chi connectivity index (χ1n) is 5.99. The number of benzene rings is 1. The van der Waals surface area contributed by atoms with Gasteiger partial charge in [0.2, 0.25) is 0 Å². The third-order valence-corrected chi connectivity index (χ3v) is 3.02. The minimum atomic E-state index is 0.228. The first-order chi connectivity index (χ1) is 8.20. The molecule has 0 radical (unpaired) electrons. The predicted molar refractivity (Wildman–Crippen MR) is 70.1 cm³/mol. The van der Waals surface area contributed by atoms with Crippen LogP contribution in [-0.2, 0) is 0 Å². The highest BCUT2D eigenvalue weighted by atomic mass is 15.2. The van der Waals surface area contributed by atoms with E-state index in [2.05, 4.69) is 16.3 Å². The van der Waals surface area contributed by atoms with Crippen LogP contribution < -0.4 is 16.0 Å². The molecule has 1 atom stereocenters. The number of nitrogens with zero attached hydrogens (tertiary/aromatic N) is 2. The molecule has 2 rings (SSSR count). The Morgan fingerprint density at radius 1 is 1.59 bits per heavy atom. The van der Waals surface area contributed by atoms with Gasteiger partial charge in [-0.15, -0.1) is 0 Å². The van der Waals surface area contributed by atoms with Gasteiger partial charge in [0.25, 0.3) is 0 Å². The van der Waals surface area contributed by atoms with Crippen molar-refractivity contribution >= 4 is 11.4 Å². The summed E-state index contributed by atoms with van der Waals surface area (Å²) in [5.41, 5.74) is 8.72. The third-order valence-electron chi connectivity index (χ3n) is 3.02. The molecule has 1 aromatic carbocycles. The van der Waals surface area contributed by atoms with Crippen molar-refractivity contribution in [3.8, 4) is 6.07 Å². The lowest BCUT2D eigenvalue weighted by atomic mass is 10.1. The van der Waals surface area contributed by atoms with Gasteiger partial charge < -0.3 is 16.0 Å². The van der Waals surface area contributed by atoms with Crippen LogP contribution in [0.25, 0.3) is 0 Å². The van der Waals surface area contributed by atoms with E-state index in [0.717, 1.165) is 31.7 Å². The fourth-order valence-corrected chi connectivity index (χ4v) is 2.06. The van der Waals surface area contributed by atoms with Gasteiger partial charge in [0.05, 0.1) is 23.0 Å². The van der Waals surface area contributed by atoms with Gasteiger partial charge in [0.1, 0.15) is 0 Å². The summed E-state index contributed by atoms with van der Waals surface area (Å²) in [4.78, 5) is 2.33. The molecule has 0 fully saturated rings. The van der Waals surface area contributed by atoms with Gasteiger partial charge >= 0.3 is 0 Å². The Morgan fingerprint density at radius 3 is 3.12 bits per heavy atom. The third kappa shape index (κ3) is 2.69. The van der Waals surface area contributed by atoms with Crippen molar-refractivity contribution in [3.63, 3.8) is 0 Å². The zero-order valence-corrected chi connectivity index (χ0v) is 10.1. The Kier molecular flexibility index (Phi) is 3.50. The van der Waals surface area contributed by atoms with Gasteiger partial charge in [-0.3, -0.25) is 0 Å². The van der Waals surface area contributed by atoms with E-state index < -0.39 is 0 Å². The molecule has 1 aliphatic heterocycles. The van der Waals surface area contributed by atoms with Crippen molar-refractivity contribution < 1.29 is 0 Å². The van der Waals surface area contributed by atoms with Crippen LogP contribution in [0, 0.1) is 11.3 Å². The lowest BCUT2D eigenvalue weighted by Gasteiger charge is -2.32. The summed E-state index contributed by atoms with van der Waals surface area (Å²) in [5.74, 6) is 0. The van der Waals surface area contributed by atoms with Crippen LogP contribution in [0.4, 0.5) is 11.4 Å². The Morgan fingerprint density at radius 2 is 2.41 bits per heavy atom. The van der Waals surface area contributed by atoms with Crippen LogP contribution >= 0.6 is 0 Å². The molecule has 1 heterocycles. The lowest BCUT2D eigenvalue weighted by Crippen LogP contribution is -2.36. The Bertz CT molecular complexity index is 434. The zero-order valence-electron chi connectivity index (χ0n) is 10.1. The van der Waals surface area contributed by atoms with Crippen LogP contribution in [0.1, 0.15) is 18.9 Å². The van der Waals surface area contributed by atoms with E-state index in [0.29, 0.717) is 5.56 Å². The van der Waals surface area contributed by atoms with Gasteiger partial charge in [0.15, 0.2) is 0 Å². The van der Waals surface area contributed by atoms with Crippen LogP contribution in [0.3, 0.4) is 0 Å². The molecule has 0 bridgehead atoms. The van der Waals surface area contributed by atoms with Crippen molar-refractivity contribution in [2.75, 3.05) is 29.9 Å². The second-order valence-electron chi connectivity index (χ2n) is 4.52. The molecular weight excluding hydrogens is 212 g/mol. The SMILES string of the molecule is CC(N)CCN1CCNc2cc(C#N)ccc21. The number of fused-ring (bicyclic) bond motifs is 1. The average molecular weight is 230 g/mol. The van der Waals surface area contributed by atoms with Crippen LogP contribution in [-0.4, -0.2) is 25.7 Å². The minimum absolute atomic E-state index is 0.228. The highest BCUT2D eigenvalue weighted by Gasteiger charge is 2.16. The second kappa shape index (κ2) is 5.07. The number of anilines is 2. The van der Waals surface area contributed by atoms with Gasteiger partial charge in [-0.1, -0.05) is 0 Å². The molecule has 0 spiro atoms. The van der Waals surface area contributed by atoms with Crippen molar-refractivity contribution in [1.29, 1.82) is 5.26 Å². The van der Waals surface area contributed by atoms with Crippen LogP contribution in [0.2, 0.25) is 0 Å². The summed E-state index contributed by atoms with van der Waals surface area (Å²) in [6.45, 7) is 4.91. The molecule has 0 aliphatic carbocycles. The van der Waals surface area contributed by atoms with Crippen molar-refractivity contribution in [1.82, 2.24) is 0 Å². The van der Waals surface area contributed by atoms with E-state index >= 15 is 0 Å². The minimum Gasteiger partial charge on any atom is -0.382 e. The molecule has 0 saturated carbocycles. The summed E-state index contributed by atoms with van der Waals surface area (Å²) in [7, 11) is 0. The van der Waals surface area contributed by atoms with Crippen molar-refractivity contribution in [2.45, 2.75) is 19.4 Å². The van der Waals surface area contributed by atoms with E-state index in [1.165, 1.54) is 5.69 Å². The monoisotopic (exact) mass is 230 g/mol. The van der Waals surface area contributed by atoms with Gasteiger partial charge in [0, 0.05) is 25.7 Å². The Labute approximate surface area is 102 Å². The number of hydrogen-bond donors (Lipinski definition) is 2. The molecule has 4 heteroatoms. The summed E-state index contributed by atoms with van der Waals surface area (Å²) in [5, 5.41) is 12.2.